The highest BCUT2D eigenvalue weighted by atomic mass is 16.6. The van der Waals surface area contributed by atoms with Gasteiger partial charge in [0.1, 0.15) is 13.2 Å². The fraction of sp³-hybridized carbons (Fsp3) is 0.747. The molecule has 0 spiro atoms. The lowest BCUT2D eigenvalue weighted by atomic mass is 10.0. The molecule has 0 aliphatic carbocycles. The van der Waals surface area contributed by atoms with Crippen molar-refractivity contribution in [2.75, 3.05) is 13.2 Å². The zero-order valence-electron chi connectivity index (χ0n) is 53.5. The normalized spacial score (nSPS) is 12.7. The molecule has 0 saturated carbocycles. The molecule has 0 N–H and O–H groups in total. The quantitative estimate of drug-likeness (QED) is 0.0261. The van der Waals surface area contributed by atoms with E-state index in [0.29, 0.717) is 19.3 Å². The van der Waals surface area contributed by atoms with E-state index >= 15 is 0 Å². The van der Waals surface area contributed by atoms with Crippen LogP contribution in [0, 0.1) is 0 Å². The van der Waals surface area contributed by atoms with E-state index in [1.165, 1.54) is 186 Å². The molecule has 0 saturated heterocycles. The summed E-state index contributed by atoms with van der Waals surface area (Å²) in [5.74, 6) is -0.897. The summed E-state index contributed by atoms with van der Waals surface area (Å²) in [5.41, 5.74) is 0. The van der Waals surface area contributed by atoms with Crippen molar-refractivity contribution in [1.82, 2.24) is 0 Å². The molecule has 466 valence electrons. The second-order valence-electron chi connectivity index (χ2n) is 23.1. The largest absolute Gasteiger partial charge is 0.462 e. The van der Waals surface area contributed by atoms with E-state index in [-0.39, 0.29) is 31.1 Å². The average molecular weight is 1130 g/mol. The Morgan fingerprint density at radius 1 is 0.259 bits per heavy atom. The topological polar surface area (TPSA) is 78.9 Å². The summed E-state index contributed by atoms with van der Waals surface area (Å²) in [7, 11) is 0. The molecule has 0 aromatic carbocycles. The Bertz CT molecular complexity index is 1580. The predicted octanol–water partition coefficient (Wildman–Crippen LogP) is 24.0. The average Bonchev–Trinajstić information content (AvgIpc) is 3.47. The summed E-state index contributed by atoms with van der Waals surface area (Å²) >= 11 is 0. The Kier molecular flexibility index (Phi) is 65.7. The molecule has 1 unspecified atom stereocenters. The van der Waals surface area contributed by atoms with Crippen molar-refractivity contribution < 1.29 is 28.6 Å². The van der Waals surface area contributed by atoms with Crippen molar-refractivity contribution >= 4 is 17.9 Å². The maximum Gasteiger partial charge on any atom is 0.306 e. The van der Waals surface area contributed by atoms with Crippen LogP contribution in [-0.2, 0) is 28.6 Å². The molecule has 0 amide bonds. The van der Waals surface area contributed by atoms with E-state index in [0.717, 1.165) is 116 Å². The van der Waals surface area contributed by atoms with Gasteiger partial charge in [-0.15, -0.1) is 0 Å². The van der Waals surface area contributed by atoms with E-state index < -0.39 is 6.10 Å². The third-order valence-corrected chi connectivity index (χ3v) is 15.0. The molecule has 0 heterocycles. The third kappa shape index (κ3) is 67.0. The Balaban J connectivity index is 4.26. The van der Waals surface area contributed by atoms with Gasteiger partial charge in [-0.1, -0.05) is 304 Å². The van der Waals surface area contributed by atoms with Crippen molar-refractivity contribution in [3.8, 4) is 0 Å². The van der Waals surface area contributed by atoms with Gasteiger partial charge in [0.25, 0.3) is 0 Å². The monoisotopic (exact) mass is 1130 g/mol. The Labute approximate surface area is 502 Å². The zero-order valence-corrected chi connectivity index (χ0v) is 53.5. The van der Waals surface area contributed by atoms with Gasteiger partial charge in [-0.2, -0.15) is 0 Å². The molecule has 1 atom stereocenters. The second kappa shape index (κ2) is 68.8. The SMILES string of the molecule is CC/C=C\C/C=C\C/C=C\C/C=C\C/C=C\C/C=C\CCCCCCCCC(=O)OC(COC(=O)CCCCCCC/C=C\CCCC)COC(=O)CCCCCCCCCCCCCCCCC/C=C\CCCCCCCCCC. The van der Waals surface area contributed by atoms with E-state index in [4.69, 9.17) is 14.2 Å². The van der Waals surface area contributed by atoms with Crippen LogP contribution < -0.4 is 0 Å². The maximum absolute atomic E-state index is 12.9. The number of esters is 3. The number of allylic oxidation sites excluding steroid dienone is 16. The minimum absolute atomic E-state index is 0.0845. The fourth-order valence-corrected chi connectivity index (χ4v) is 9.84. The standard InChI is InChI=1S/C75H130O6/c1-4-7-10-13-16-19-22-24-26-28-30-32-34-36-37-39-40-42-44-46-48-50-53-56-59-62-65-68-74(77)80-71-72(70-79-73(76)67-64-61-58-55-52-21-18-15-12-9-6-3)81-75(78)69-66-63-60-57-54-51-49-47-45-43-41-38-35-33-31-29-27-25-23-20-17-14-11-8-5-2/h8,11,15,17-18,20,25,27-28,30-31,33,38,41,45,47,72H,4-7,9-10,12-14,16,19,21-24,26,29,32,34-37,39-40,42-44,46,48-71H2,1-3H3/b11-8-,18-15-,20-17-,27-25-,30-28-,33-31-,41-38-,47-45-. The molecule has 0 aromatic heterocycles. The van der Waals surface area contributed by atoms with Gasteiger partial charge in [0.15, 0.2) is 6.10 Å². The molecule has 0 fully saturated rings. The highest BCUT2D eigenvalue weighted by Gasteiger charge is 2.19. The van der Waals surface area contributed by atoms with Crippen molar-refractivity contribution in [3.63, 3.8) is 0 Å². The lowest BCUT2D eigenvalue weighted by molar-refractivity contribution is -0.167. The van der Waals surface area contributed by atoms with Crippen molar-refractivity contribution in [2.45, 2.75) is 348 Å². The molecular formula is C75H130O6. The Hall–Kier alpha value is -3.67. The van der Waals surface area contributed by atoms with Gasteiger partial charge >= 0.3 is 17.9 Å². The van der Waals surface area contributed by atoms with Crippen LogP contribution in [0.1, 0.15) is 342 Å². The minimum Gasteiger partial charge on any atom is -0.462 e. The van der Waals surface area contributed by atoms with Gasteiger partial charge in [-0.05, 0) is 116 Å². The third-order valence-electron chi connectivity index (χ3n) is 15.0. The van der Waals surface area contributed by atoms with Crippen LogP contribution in [-0.4, -0.2) is 37.2 Å². The molecule has 0 aliphatic rings. The highest BCUT2D eigenvalue weighted by molar-refractivity contribution is 5.71. The summed E-state index contributed by atoms with van der Waals surface area (Å²) in [4.78, 5) is 38.3. The summed E-state index contributed by atoms with van der Waals surface area (Å²) in [5, 5.41) is 0. The van der Waals surface area contributed by atoms with Crippen molar-refractivity contribution in [3.05, 3.63) is 97.2 Å². The first-order valence-corrected chi connectivity index (χ1v) is 34.7. The minimum atomic E-state index is -0.790. The van der Waals surface area contributed by atoms with E-state index in [1.807, 2.05) is 0 Å². The number of carbonyl (C=O) groups excluding carboxylic acids is 3. The molecular weight excluding hydrogens is 997 g/mol. The molecule has 0 aromatic rings. The van der Waals surface area contributed by atoms with Crippen LogP contribution >= 0.6 is 0 Å². The predicted molar refractivity (Wildman–Crippen MR) is 353 cm³/mol. The fourth-order valence-electron chi connectivity index (χ4n) is 9.84. The van der Waals surface area contributed by atoms with Crippen molar-refractivity contribution in [1.29, 1.82) is 0 Å². The first-order valence-electron chi connectivity index (χ1n) is 34.7. The highest BCUT2D eigenvalue weighted by Crippen LogP contribution is 2.17. The van der Waals surface area contributed by atoms with Gasteiger partial charge in [0.2, 0.25) is 0 Å². The maximum atomic E-state index is 12.9. The molecule has 6 nitrogen and oxygen atoms in total. The van der Waals surface area contributed by atoms with E-state index in [2.05, 4.69) is 118 Å². The number of ether oxygens (including phenoxy) is 3. The summed E-state index contributed by atoms with van der Waals surface area (Å²) in [6.07, 6.45) is 92.9. The van der Waals surface area contributed by atoms with Crippen LogP contribution in [0.3, 0.4) is 0 Å². The second-order valence-corrected chi connectivity index (χ2v) is 23.1. The summed E-state index contributed by atoms with van der Waals surface area (Å²) in [6, 6.07) is 0. The number of unbranched alkanes of at least 4 members (excludes halogenated alkanes) is 36. The van der Waals surface area contributed by atoms with Gasteiger partial charge in [0, 0.05) is 19.3 Å². The summed E-state index contributed by atoms with van der Waals surface area (Å²) in [6.45, 7) is 6.50. The number of carbonyl (C=O) groups is 3. The van der Waals surface area contributed by atoms with Crippen LogP contribution in [0.25, 0.3) is 0 Å². The van der Waals surface area contributed by atoms with Gasteiger partial charge in [0.05, 0.1) is 0 Å². The molecule has 0 bridgehead atoms. The van der Waals surface area contributed by atoms with Crippen molar-refractivity contribution in [2.24, 2.45) is 0 Å². The number of hydrogen-bond acceptors (Lipinski definition) is 6. The van der Waals surface area contributed by atoms with Crippen LogP contribution in [0.2, 0.25) is 0 Å². The number of rotatable bonds is 63. The first-order chi connectivity index (χ1) is 40.0. The molecule has 0 aliphatic heterocycles. The molecule has 0 rings (SSSR count). The lowest BCUT2D eigenvalue weighted by Gasteiger charge is -2.18. The number of hydrogen-bond donors (Lipinski definition) is 0. The lowest BCUT2D eigenvalue weighted by Crippen LogP contribution is -2.30. The van der Waals surface area contributed by atoms with Gasteiger partial charge in [-0.25, -0.2) is 0 Å². The van der Waals surface area contributed by atoms with E-state index in [1.54, 1.807) is 0 Å². The molecule has 81 heavy (non-hydrogen) atoms. The Morgan fingerprint density at radius 2 is 0.494 bits per heavy atom. The van der Waals surface area contributed by atoms with Crippen LogP contribution in [0.15, 0.2) is 97.2 Å². The summed E-state index contributed by atoms with van der Waals surface area (Å²) < 4.78 is 16.9. The zero-order chi connectivity index (χ0) is 58.5. The first kappa shape index (κ1) is 77.3. The smallest absolute Gasteiger partial charge is 0.306 e. The molecule has 0 radical (unpaired) electrons. The Morgan fingerprint density at radius 3 is 0.802 bits per heavy atom. The van der Waals surface area contributed by atoms with E-state index in [9.17, 15) is 14.4 Å². The van der Waals surface area contributed by atoms with Gasteiger partial charge in [-0.3, -0.25) is 14.4 Å². The van der Waals surface area contributed by atoms with Gasteiger partial charge < -0.3 is 14.2 Å². The van der Waals surface area contributed by atoms with Crippen LogP contribution in [0.4, 0.5) is 0 Å². The molecule has 6 heteroatoms. The van der Waals surface area contributed by atoms with Crippen LogP contribution in [0.5, 0.6) is 0 Å².